The Kier molecular flexibility index (Phi) is 11.3. The summed E-state index contributed by atoms with van der Waals surface area (Å²) in [5, 5.41) is 0. The second-order valence-electron chi connectivity index (χ2n) is 6.64. The van der Waals surface area contributed by atoms with Gasteiger partial charge in [0, 0.05) is 62.4 Å². The van der Waals surface area contributed by atoms with Gasteiger partial charge in [0.25, 0.3) is 0 Å². The van der Waals surface area contributed by atoms with E-state index in [1.165, 1.54) is 18.7 Å². The van der Waals surface area contributed by atoms with Crippen LogP contribution in [0.3, 0.4) is 0 Å². The monoisotopic (exact) mass is 418 g/mol. The molecule has 0 radical (unpaired) electrons. The minimum absolute atomic E-state index is 0. The third-order valence-corrected chi connectivity index (χ3v) is 4.56. The highest BCUT2D eigenvalue weighted by Crippen LogP contribution is 2.18. The van der Waals surface area contributed by atoms with Crippen LogP contribution in [0.15, 0.2) is 36.7 Å². The van der Waals surface area contributed by atoms with Crippen LogP contribution in [0.1, 0.15) is 25.1 Å². The molecule has 1 aliphatic rings. The van der Waals surface area contributed by atoms with Gasteiger partial charge < -0.3 is 0 Å². The van der Waals surface area contributed by atoms with Crippen molar-refractivity contribution in [2.45, 2.75) is 33.4 Å². The zero-order chi connectivity index (χ0) is 16.2. The summed E-state index contributed by atoms with van der Waals surface area (Å²) in [6, 6.07) is 9.07. The number of piperazine rings is 1. The first kappa shape index (κ1) is 25.1. The molecule has 7 heteroatoms. The van der Waals surface area contributed by atoms with E-state index in [1.54, 1.807) is 0 Å². The van der Waals surface area contributed by atoms with E-state index in [0.29, 0.717) is 6.04 Å². The maximum absolute atomic E-state index is 4.63. The van der Waals surface area contributed by atoms with Gasteiger partial charge in [-0.3, -0.25) is 19.8 Å². The molecular formula is C19H29Cl3N4. The summed E-state index contributed by atoms with van der Waals surface area (Å²) < 4.78 is 0. The molecule has 2 aromatic rings. The van der Waals surface area contributed by atoms with Crippen molar-refractivity contribution in [2.75, 3.05) is 26.2 Å². The fourth-order valence-corrected chi connectivity index (χ4v) is 3.09. The van der Waals surface area contributed by atoms with Gasteiger partial charge in [0.15, 0.2) is 0 Å². The lowest BCUT2D eigenvalue weighted by atomic mass is 10.1. The lowest BCUT2D eigenvalue weighted by molar-refractivity contribution is 0.104. The predicted molar refractivity (Wildman–Crippen MR) is 116 cm³/mol. The molecule has 0 N–H and O–H groups in total. The molecule has 2 aromatic heterocycles. The van der Waals surface area contributed by atoms with Crippen LogP contribution in [0, 0.1) is 6.92 Å². The molecule has 0 spiro atoms. The Bertz CT molecular complexity index is 641. The van der Waals surface area contributed by atoms with Crippen LogP contribution >= 0.6 is 37.2 Å². The number of hydrogen-bond donors (Lipinski definition) is 0. The van der Waals surface area contributed by atoms with Gasteiger partial charge in [-0.2, -0.15) is 0 Å². The Balaban J connectivity index is 0.00000208. The molecule has 3 heterocycles. The van der Waals surface area contributed by atoms with Crippen LogP contribution in [0.2, 0.25) is 0 Å². The SMILES string of the molecule is Cc1cc(-c2ccc(CN3CCN(C(C)C)CC3)cn2)ccn1.Cl.Cl.Cl. The van der Waals surface area contributed by atoms with Gasteiger partial charge in [-0.1, -0.05) is 6.07 Å². The van der Waals surface area contributed by atoms with Crippen molar-refractivity contribution in [1.29, 1.82) is 0 Å². The fourth-order valence-electron chi connectivity index (χ4n) is 3.09. The van der Waals surface area contributed by atoms with Crippen molar-refractivity contribution in [2.24, 2.45) is 0 Å². The molecule has 3 rings (SSSR count). The minimum atomic E-state index is 0. The lowest BCUT2D eigenvalue weighted by Crippen LogP contribution is -2.48. The summed E-state index contributed by atoms with van der Waals surface area (Å²) in [5.74, 6) is 0. The smallest absolute Gasteiger partial charge is 0.0703 e. The maximum atomic E-state index is 4.63. The molecule has 0 amide bonds. The van der Waals surface area contributed by atoms with E-state index in [-0.39, 0.29) is 37.2 Å². The summed E-state index contributed by atoms with van der Waals surface area (Å²) in [6.07, 6.45) is 3.86. The zero-order valence-electron chi connectivity index (χ0n) is 15.6. The van der Waals surface area contributed by atoms with Gasteiger partial charge in [0.05, 0.1) is 5.69 Å². The normalized spacial score (nSPS) is 14.9. The third kappa shape index (κ3) is 6.67. The summed E-state index contributed by atoms with van der Waals surface area (Å²) in [5.41, 5.74) is 4.47. The largest absolute Gasteiger partial charge is 0.298 e. The van der Waals surface area contributed by atoms with Gasteiger partial charge in [0.2, 0.25) is 0 Å². The molecule has 0 aromatic carbocycles. The molecule has 0 atom stereocenters. The van der Waals surface area contributed by atoms with Gasteiger partial charge in [0.1, 0.15) is 0 Å². The molecular weight excluding hydrogens is 391 g/mol. The average molecular weight is 420 g/mol. The zero-order valence-corrected chi connectivity index (χ0v) is 18.0. The van der Waals surface area contributed by atoms with Crippen LogP contribution in [-0.4, -0.2) is 52.0 Å². The number of halogens is 3. The second kappa shape index (κ2) is 11.7. The minimum Gasteiger partial charge on any atom is -0.298 e. The van der Waals surface area contributed by atoms with E-state index in [4.69, 9.17) is 0 Å². The molecule has 26 heavy (non-hydrogen) atoms. The third-order valence-electron chi connectivity index (χ3n) is 4.56. The van der Waals surface area contributed by atoms with E-state index < -0.39 is 0 Å². The number of hydrogen-bond acceptors (Lipinski definition) is 4. The Morgan fingerprint density at radius 3 is 2.19 bits per heavy atom. The molecule has 4 nitrogen and oxygen atoms in total. The molecule has 1 saturated heterocycles. The van der Waals surface area contributed by atoms with Gasteiger partial charge in [-0.05, 0) is 44.5 Å². The number of pyridine rings is 2. The maximum Gasteiger partial charge on any atom is 0.0703 e. The van der Waals surface area contributed by atoms with E-state index in [9.17, 15) is 0 Å². The van der Waals surface area contributed by atoms with Crippen LogP contribution in [0.25, 0.3) is 11.3 Å². The van der Waals surface area contributed by atoms with E-state index in [0.717, 1.165) is 36.6 Å². The highest BCUT2D eigenvalue weighted by atomic mass is 35.5. The van der Waals surface area contributed by atoms with Crippen LogP contribution in [-0.2, 0) is 6.54 Å². The summed E-state index contributed by atoms with van der Waals surface area (Å²) >= 11 is 0. The molecule has 0 aliphatic carbocycles. The number of aryl methyl sites for hydroxylation is 1. The molecule has 1 fully saturated rings. The molecule has 0 bridgehead atoms. The van der Waals surface area contributed by atoms with Crippen LogP contribution in [0.5, 0.6) is 0 Å². The first-order valence-corrected chi connectivity index (χ1v) is 8.46. The quantitative estimate of drug-likeness (QED) is 0.742. The van der Waals surface area contributed by atoms with E-state index in [1.807, 2.05) is 25.4 Å². The van der Waals surface area contributed by atoms with Crippen molar-refractivity contribution < 1.29 is 0 Å². The van der Waals surface area contributed by atoms with Crippen LogP contribution < -0.4 is 0 Å². The van der Waals surface area contributed by atoms with Gasteiger partial charge in [-0.25, -0.2) is 0 Å². The van der Waals surface area contributed by atoms with Crippen molar-refractivity contribution in [1.82, 2.24) is 19.8 Å². The summed E-state index contributed by atoms with van der Waals surface area (Å²) in [7, 11) is 0. The van der Waals surface area contributed by atoms with Gasteiger partial charge >= 0.3 is 0 Å². The predicted octanol–water partition coefficient (Wildman–Crippen LogP) is 4.24. The number of nitrogens with zero attached hydrogens (tertiary/aromatic N) is 4. The number of rotatable bonds is 4. The Morgan fingerprint density at radius 2 is 1.65 bits per heavy atom. The Morgan fingerprint density at radius 1 is 0.962 bits per heavy atom. The van der Waals surface area contributed by atoms with Crippen molar-refractivity contribution >= 4 is 37.2 Å². The standard InChI is InChI=1S/C19H26N4.3ClH/c1-15(2)23-10-8-22(9-11-23)14-17-4-5-19(21-13-17)18-6-7-20-16(3)12-18;;;/h4-7,12-13,15H,8-11,14H2,1-3H3;3*1H. The van der Waals surface area contributed by atoms with E-state index in [2.05, 4.69) is 51.8 Å². The molecule has 146 valence electrons. The van der Waals surface area contributed by atoms with Gasteiger partial charge in [-0.15, -0.1) is 37.2 Å². The Labute approximate surface area is 175 Å². The summed E-state index contributed by atoms with van der Waals surface area (Å²) in [4.78, 5) is 13.9. The van der Waals surface area contributed by atoms with Crippen molar-refractivity contribution in [3.8, 4) is 11.3 Å². The van der Waals surface area contributed by atoms with Crippen molar-refractivity contribution in [3.05, 3.63) is 47.9 Å². The molecule has 0 saturated carbocycles. The highest BCUT2D eigenvalue weighted by Gasteiger charge is 2.18. The van der Waals surface area contributed by atoms with E-state index >= 15 is 0 Å². The lowest BCUT2D eigenvalue weighted by Gasteiger charge is -2.36. The number of aromatic nitrogens is 2. The first-order valence-electron chi connectivity index (χ1n) is 8.46. The van der Waals surface area contributed by atoms with Crippen LogP contribution in [0.4, 0.5) is 0 Å². The van der Waals surface area contributed by atoms with Crippen molar-refractivity contribution in [3.63, 3.8) is 0 Å². The highest BCUT2D eigenvalue weighted by molar-refractivity contribution is 5.86. The fraction of sp³-hybridized carbons (Fsp3) is 0.474. The first-order chi connectivity index (χ1) is 11.1. The molecule has 0 unspecified atom stereocenters. The Hall–Kier alpha value is -0.910. The topological polar surface area (TPSA) is 32.3 Å². The molecule has 1 aliphatic heterocycles. The average Bonchev–Trinajstić information content (AvgIpc) is 2.56. The second-order valence-corrected chi connectivity index (χ2v) is 6.64. The summed E-state index contributed by atoms with van der Waals surface area (Å²) in [6.45, 7) is 12.2.